The number of aliphatic hydroxyl groups is 1. The maximum Gasteiger partial charge on any atom is 0.323 e. The number of halogens is 4. The largest absolute Gasteiger partial charge is 0.377 e. The third-order valence-electron chi connectivity index (χ3n) is 6.51. The minimum atomic E-state index is -4.23. The van der Waals surface area contributed by atoms with Gasteiger partial charge in [-0.25, -0.2) is 14.6 Å². The van der Waals surface area contributed by atoms with Gasteiger partial charge in [-0.3, -0.25) is 14.8 Å². The number of benzene rings is 2. The van der Waals surface area contributed by atoms with Gasteiger partial charge in [0.1, 0.15) is 23.7 Å². The SMILES string of the molecule is COSc1ccc(CNC(=O)/C(C)=C/C=C(\C)C#Cc2ccc(C(F)(F)C(O)(CN(N)/C=N\N)c3ccc(F)cc3F)nc2)cc1. The second-order valence-electron chi connectivity index (χ2n) is 9.95. The van der Waals surface area contributed by atoms with Crippen LogP contribution in [0.2, 0.25) is 0 Å². The van der Waals surface area contributed by atoms with Crippen LogP contribution in [0.15, 0.2) is 94.1 Å². The second kappa shape index (κ2) is 16.1. The van der Waals surface area contributed by atoms with Crippen LogP contribution < -0.4 is 17.0 Å². The number of allylic oxidation sites excluding steroid dienone is 3. The molecule has 0 aliphatic rings. The van der Waals surface area contributed by atoms with Crippen molar-refractivity contribution in [3.63, 3.8) is 0 Å². The van der Waals surface area contributed by atoms with E-state index in [0.29, 0.717) is 34.8 Å². The average molecular weight is 657 g/mol. The summed E-state index contributed by atoms with van der Waals surface area (Å²) >= 11 is 1.24. The van der Waals surface area contributed by atoms with Gasteiger partial charge in [-0.1, -0.05) is 36.1 Å². The molecule has 1 heterocycles. The fourth-order valence-corrected chi connectivity index (χ4v) is 4.49. The summed E-state index contributed by atoms with van der Waals surface area (Å²) < 4.78 is 64.8. The standard InChI is InChI=1S/C32H32F4N6O3S/c1-21(4-6-22(2)30(43)40-18-24-8-12-26(13-9-24)46-45-3)5-7-23-10-15-29(39-17-23)32(35,36)31(44,19-42(38)20-41-37)27-14-11-25(33)16-28(27)34/h4,6,8-17,20,44H,18-19,37-38H2,1-3H3,(H,40,43)/b21-4+,22-6+,41-20-. The zero-order chi connectivity index (χ0) is 33.9. The van der Waals surface area contributed by atoms with E-state index in [4.69, 9.17) is 15.9 Å². The van der Waals surface area contributed by atoms with Crippen LogP contribution in [0.5, 0.6) is 0 Å². The zero-order valence-electron chi connectivity index (χ0n) is 25.1. The maximum absolute atomic E-state index is 15.8. The minimum absolute atomic E-state index is 0.257. The molecule has 0 bridgehead atoms. The molecule has 1 aromatic heterocycles. The first-order valence-corrected chi connectivity index (χ1v) is 14.3. The van der Waals surface area contributed by atoms with Gasteiger partial charge in [0, 0.05) is 52.4 Å². The van der Waals surface area contributed by atoms with Gasteiger partial charge in [0.25, 0.3) is 0 Å². The van der Waals surface area contributed by atoms with Crippen LogP contribution in [0, 0.1) is 23.5 Å². The van der Waals surface area contributed by atoms with E-state index in [1.807, 2.05) is 24.3 Å². The number of carbonyl (C=O) groups is 1. The number of aromatic nitrogens is 1. The van der Waals surface area contributed by atoms with E-state index >= 15 is 8.78 Å². The number of hydrogen-bond donors (Lipinski definition) is 4. The molecule has 0 aliphatic heterocycles. The third-order valence-corrected chi connectivity index (χ3v) is 7.14. The molecule has 6 N–H and O–H groups in total. The van der Waals surface area contributed by atoms with Crippen LogP contribution in [0.1, 0.15) is 36.2 Å². The second-order valence-corrected chi connectivity index (χ2v) is 10.9. The van der Waals surface area contributed by atoms with Gasteiger partial charge in [0.15, 0.2) is 5.60 Å². The fraction of sp³-hybridized carbons (Fsp3) is 0.219. The lowest BCUT2D eigenvalue weighted by molar-refractivity contribution is -0.203. The molecule has 242 valence electrons. The van der Waals surface area contributed by atoms with E-state index in [-0.39, 0.29) is 11.5 Å². The lowest BCUT2D eigenvalue weighted by Gasteiger charge is -2.37. The number of hydrogen-bond acceptors (Lipinski definition) is 8. The van der Waals surface area contributed by atoms with Crippen molar-refractivity contribution in [2.75, 3.05) is 13.7 Å². The zero-order valence-corrected chi connectivity index (χ0v) is 25.9. The molecule has 1 unspecified atom stereocenters. The Morgan fingerprint density at radius 2 is 1.87 bits per heavy atom. The number of rotatable bonds is 12. The number of amides is 1. The summed E-state index contributed by atoms with van der Waals surface area (Å²) in [4.78, 5) is 17.2. The lowest BCUT2D eigenvalue weighted by Crippen LogP contribution is -2.53. The number of nitrogens with one attached hydrogen (secondary N) is 1. The van der Waals surface area contributed by atoms with Crippen LogP contribution in [0.3, 0.4) is 0 Å². The van der Waals surface area contributed by atoms with Crippen molar-refractivity contribution in [3.05, 3.63) is 118 Å². The quantitative estimate of drug-likeness (QED) is 0.0255. The first-order chi connectivity index (χ1) is 21.8. The minimum Gasteiger partial charge on any atom is -0.377 e. The highest BCUT2D eigenvalue weighted by Crippen LogP contribution is 2.46. The number of pyridine rings is 1. The number of nitrogens with two attached hydrogens (primary N) is 2. The first kappa shape index (κ1) is 35.8. The molecular formula is C32H32F4N6O3S. The summed E-state index contributed by atoms with van der Waals surface area (Å²) in [5.41, 5.74) is -2.97. The number of hydrazone groups is 1. The molecule has 1 atom stereocenters. The van der Waals surface area contributed by atoms with E-state index in [0.717, 1.165) is 35.1 Å². The van der Waals surface area contributed by atoms with Crippen molar-refractivity contribution in [3.8, 4) is 11.8 Å². The van der Waals surface area contributed by atoms with E-state index in [1.165, 1.54) is 18.1 Å². The number of carbonyl (C=O) groups excluding carboxylic acids is 1. The van der Waals surface area contributed by atoms with E-state index in [9.17, 15) is 18.7 Å². The number of nitrogens with zero attached hydrogens (tertiary/aromatic N) is 3. The van der Waals surface area contributed by atoms with Crippen LogP contribution in [0.25, 0.3) is 0 Å². The van der Waals surface area contributed by atoms with Crippen LogP contribution in [-0.2, 0) is 27.0 Å². The molecule has 1 amide bonds. The lowest BCUT2D eigenvalue weighted by atomic mass is 9.84. The Balaban J connectivity index is 1.74. The van der Waals surface area contributed by atoms with Gasteiger partial charge in [-0.2, -0.15) is 13.9 Å². The summed E-state index contributed by atoms with van der Waals surface area (Å²) in [6.07, 6.45) is 5.04. The van der Waals surface area contributed by atoms with Crippen molar-refractivity contribution in [2.45, 2.75) is 36.8 Å². The monoisotopic (exact) mass is 656 g/mol. The molecule has 14 heteroatoms. The van der Waals surface area contributed by atoms with Gasteiger partial charge in [0.2, 0.25) is 5.91 Å². The van der Waals surface area contributed by atoms with Crippen molar-refractivity contribution in [1.82, 2.24) is 15.3 Å². The molecular weight excluding hydrogens is 624 g/mol. The number of alkyl halides is 2. The van der Waals surface area contributed by atoms with Gasteiger partial charge in [0.05, 0.1) is 13.7 Å². The smallest absolute Gasteiger partial charge is 0.323 e. The molecule has 3 rings (SSSR count). The van der Waals surface area contributed by atoms with Crippen LogP contribution in [0.4, 0.5) is 17.6 Å². The Kier molecular flexibility index (Phi) is 12.5. The maximum atomic E-state index is 15.8. The van der Waals surface area contributed by atoms with E-state index < -0.39 is 41.0 Å². The summed E-state index contributed by atoms with van der Waals surface area (Å²) in [6.45, 7) is 2.61. The summed E-state index contributed by atoms with van der Waals surface area (Å²) in [5.74, 6) is 9.31. The summed E-state index contributed by atoms with van der Waals surface area (Å²) in [7, 11) is 1.58. The molecule has 0 saturated carbocycles. The highest BCUT2D eigenvalue weighted by molar-refractivity contribution is 7.94. The van der Waals surface area contributed by atoms with E-state index in [2.05, 4.69) is 27.2 Å². The average Bonchev–Trinajstić information content (AvgIpc) is 3.02. The van der Waals surface area contributed by atoms with Crippen molar-refractivity contribution in [1.29, 1.82) is 0 Å². The topological polar surface area (TPSA) is 139 Å². The molecule has 46 heavy (non-hydrogen) atoms. The molecule has 3 aromatic rings. The molecule has 0 radical (unpaired) electrons. The molecule has 0 aliphatic carbocycles. The Hall–Kier alpha value is -4.68. The van der Waals surface area contributed by atoms with Gasteiger partial charge < -0.3 is 20.4 Å². The third kappa shape index (κ3) is 9.18. The van der Waals surface area contributed by atoms with E-state index in [1.54, 1.807) is 33.1 Å². The van der Waals surface area contributed by atoms with Crippen molar-refractivity contribution < 1.29 is 31.6 Å². The Labute approximate surface area is 268 Å². The highest BCUT2D eigenvalue weighted by atomic mass is 32.2. The van der Waals surface area contributed by atoms with Crippen LogP contribution >= 0.6 is 12.0 Å². The normalized spacial score (nSPS) is 13.6. The summed E-state index contributed by atoms with van der Waals surface area (Å²) in [5, 5.41) is 17.7. The Bertz CT molecular complexity index is 1670. The molecule has 0 fully saturated rings. The predicted octanol–water partition coefficient (Wildman–Crippen LogP) is 4.63. The summed E-state index contributed by atoms with van der Waals surface area (Å²) in [6, 6.07) is 11.5. The Morgan fingerprint density at radius 3 is 2.48 bits per heavy atom. The fourth-order valence-electron chi connectivity index (χ4n) is 4.05. The number of hydrazine groups is 1. The first-order valence-electron chi connectivity index (χ1n) is 13.5. The molecule has 2 aromatic carbocycles. The van der Waals surface area contributed by atoms with Gasteiger partial charge >= 0.3 is 5.92 Å². The van der Waals surface area contributed by atoms with Gasteiger partial charge in [-0.05, 0) is 61.4 Å². The molecule has 9 nitrogen and oxygen atoms in total. The predicted molar refractivity (Wildman–Crippen MR) is 168 cm³/mol. The van der Waals surface area contributed by atoms with Crippen molar-refractivity contribution in [2.24, 2.45) is 16.8 Å². The molecule has 0 spiro atoms. The highest BCUT2D eigenvalue weighted by Gasteiger charge is 2.58. The van der Waals surface area contributed by atoms with Crippen molar-refractivity contribution >= 4 is 24.3 Å². The Morgan fingerprint density at radius 1 is 1.15 bits per heavy atom. The molecule has 0 saturated heterocycles. The van der Waals surface area contributed by atoms with Crippen LogP contribution in [-0.4, -0.2) is 41.0 Å². The van der Waals surface area contributed by atoms with Gasteiger partial charge in [-0.15, -0.1) is 0 Å².